The fourth-order valence-corrected chi connectivity index (χ4v) is 7.37. The molecule has 1 spiro atoms. The number of aryl methyl sites for hydroxylation is 1. The Balaban J connectivity index is 1.57. The Morgan fingerprint density at radius 1 is 0.812 bits per heavy atom. The maximum absolute atomic E-state index is 10.9. The molecule has 3 atom stereocenters. The molecule has 3 aliphatic rings. The van der Waals surface area contributed by atoms with Crippen molar-refractivity contribution in [2.45, 2.75) is 38.0 Å². The Kier molecular flexibility index (Phi) is 3.53. The first kappa shape index (κ1) is 18.3. The summed E-state index contributed by atoms with van der Waals surface area (Å²) in [6, 6.07) is 22.8. The lowest BCUT2D eigenvalue weighted by Crippen LogP contribution is -2.31. The molecule has 0 heterocycles. The molecule has 0 amide bonds. The van der Waals surface area contributed by atoms with Gasteiger partial charge in [-0.3, -0.25) is 0 Å². The SMILES string of the molecule is Cc1ccccc1-c1cc2c3c(ccc2cc1O)C1(CC2CCC1C2)c1cc(O)ccc1-3. The van der Waals surface area contributed by atoms with Crippen LogP contribution in [0.4, 0.5) is 0 Å². The van der Waals surface area contributed by atoms with Crippen LogP contribution in [0.3, 0.4) is 0 Å². The van der Waals surface area contributed by atoms with Crippen LogP contribution in [0.2, 0.25) is 0 Å². The Morgan fingerprint density at radius 2 is 1.69 bits per heavy atom. The smallest absolute Gasteiger partial charge is 0.124 e. The van der Waals surface area contributed by atoms with Gasteiger partial charge in [0.1, 0.15) is 11.5 Å². The van der Waals surface area contributed by atoms with Crippen molar-refractivity contribution >= 4 is 10.8 Å². The van der Waals surface area contributed by atoms with E-state index in [9.17, 15) is 10.2 Å². The molecule has 32 heavy (non-hydrogen) atoms. The first-order valence-corrected chi connectivity index (χ1v) is 11.8. The van der Waals surface area contributed by atoms with E-state index in [-0.39, 0.29) is 5.41 Å². The number of aromatic hydroxyl groups is 2. The van der Waals surface area contributed by atoms with Crippen LogP contribution in [-0.4, -0.2) is 10.2 Å². The van der Waals surface area contributed by atoms with Crippen molar-refractivity contribution in [3.8, 4) is 33.8 Å². The van der Waals surface area contributed by atoms with E-state index < -0.39 is 0 Å². The van der Waals surface area contributed by atoms with Crippen molar-refractivity contribution in [1.82, 2.24) is 0 Å². The predicted molar refractivity (Wildman–Crippen MR) is 129 cm³/mol. The molecule has 3 aliphatic carbocycles. The lowest BCUT2D eigenvalue weighted by Gasteiger charge is -2.36. The largest absolute Gasteiger partial charge is 0.508 e. The summed E-state index contributed by atoms with van der Waals surface area (Å²) in [6.07, 6.45) is 5.11. The third-order valence-electron chi connectivity index (χ3n) is 8.65. The summed E-state index contributed by atoms with van der Waals surface area (Å²) in [5.74, 6) is 2.13. The standard InChI is InChI=1S/C30H26O2/c1-17-4-2-3-5-22(17)25-15-24-19(13-28(25)32)7-11-26-29(24)23-10-9-21(31)14-27(23)30(26)16-18-6-8-20(30)12-18/h2-5,7,9-11,13-15,18,20,31-32H,6,8,12,16H2,1H3. The fourth-order valence-electron chi connectivity index (χ4n) is 7.37. The molecular formula is C30H26O2. The molecule has 2 fully saturated rings. The zero-order valence-electron chi connectivity index (χ0n) is 18.2. The van der Waals surface area contributed by atoms with Crippen LogP contribution in [0.1, 0.15) is 42.4 Å². The van der Waals surface area contributed by atoms with Crippen molar-refractivity contribution in [2.75, 3.05) is 0 Å². The van der Waals surface area contributed by atoms with Gasteiger partial charge in [0.25, 0.3) is 0 Å². The van der Waals surface area contributed by atoms with Crippen LogP contribution < -0.4 is 0 Å². The minimum Gasteiger partial charge on any atom is -0.508 e. The molecule has 4 aromatic rings. The molecule has 158 valence electrons. The zero-order valence-corrected chi connectivity index (χ0v) is 18.2. The molecule has 2 N–H and O–H groups in total. The van der Waals surface area contributed by atoms with Gasteiger partial charge in [-0.2, -0.15) is 0 Å². The number of hydrogen-bond donors (Lipinski definition) is 2. The van der Waals surface area contributed by atoms with Crippen molar-refractivity contribution in [3.05, 3.63) is 83.4 Å². The quantitative estimate of drug-likeness (QED) is 0.340. The van der Waals surface area contributed by atoms with Crippen LogP contribution in [0.5, 0.6) is 11.5 Å². The average Bonchev–Trinajstić information content (AvgIpc) is 3.47. The summed E-state index contributed by atoms with van der Waals surface area (Å²) < 4.78 is 0. The van der Waals surface area contributed by atoms with Gasteiger partial charge in [0.2, 0.25) is 0 Å². The summed E-state index contributed by atoms with van der Waals surface area (Å²) in [5, 5.41) is 23.6. The molecule has 4 aromatic carbocycles. The van der Waals surface area contributed by atoms with Crippen LogP contribution in [-0.2, 0) is 5.41 Å². The Morgan fingerprint density at radius 3 is 2.47 bits per heavy atom. The highest BCUT2D eigenvalue weighted by Crippen LogP contribution is 2.66. The summed E-state index contributed by atoms with van der Waals surface area (Å²) in [5.41, 5.74) is 8.46. The highest BCUT2D eigenvalue weighted by Gasteiger charge is 2.57. The highest BCUT2D eigenvalue weighted by atomic mass is 16.3. The molecule has 0 radical (unpaired) electrons. The van der Waals surface area contributed by atoms with Gasteiger partial charge in [-0.25, -0.2) is 0 Å². The van der Waals surface area contributed by atoms with E-state index in [1.165, 1.54) is 53.3 Å². The molecule has 0 aliphatic heterocycles. The third kappa shape index (κ3) is 2.20. The van der Waals surface area contributed by atoms with E-state index in [1.54, 1.807) is 0 Å². The maximum Gasteiger partial charge on any atom is 0.124 e. The Bertz CT molecular complexity index is 1430. The summed E-state index contributed by atoms with van der Waals surface area (Å²) >= 11 is 0. The number of phenolic OH excluding ortho intramolecular Hbond substituents is 2. The number of benzene rings is 4. The number of rotatable bonds is 1. The number of phenols is 2. The number of hydrogen-bond acceptors (Lipinski definition) is 2. The summed E-state index contributed by atoms with van der Waals surface area (Å²) in [4.78, 5) is 0. The van der Waals surface area contributed by atoms with Gasteiger partial charge in [0, 0.05) is 11.0 Å². The van der Waals surface area contributed by atoms with Crippen molar-refractivity contribution in [2.24, 2.45) is 11.8 Å². The summed E-state index contributed by atoms with van der Waals surface area (Å²) in [6.45, 7) is 2.09. The van der Waals surface area contributed by atoms with E-state index in [1.807, 2.05) is 30.3 Å². The van der Waals surface area contributed by atoms with Crippen molar-refractivity contribution in [3.63, 3.8) is 0 Å². The van der Waals surface area contributed by atoms with Crippen LogP contribution >= 0.6 is 0 Å². The van der Waals surface area contributed by atoms with Crippen LogP contribution in [0, 0.1) is 18.8 Å². The molecule has 7 rings (SSSR count). The first-order valence-electron chi connectivity index (χ1n) is 11.8. The minimum absolute atomic E-state index is 0.0290. The lowest BCUT2D eigenvalue weighted by molar-refractivity contribution is 0.326. The second kappa shape index (κ2) is 6.16. The van der Waals surface area contributed by atoms with Crippen molar-refractivity contribution < 1.29 is 10.2 Å². The first-order chi connectivity index (χ1) is 15.6. The van der Waals surface area contributed by atoms with Crippen LogP contribution in [0.15, 0.2) is 66.7 Å². The third-order valence-corrected chi connectivity index (χ3v) is 8.65. The minimum atomic E-state index is 0.0290. The molecule has 2 heteroatoms. The Hall–Kier alpha value is -3.26. The van der Waals surface area contributed by atoms with Gasteiger partial charge in [-0.05, 0) is 106 Å². The molecule has 2 bridgehead atoms. The summed E-state index contributed by atoms with van der Waals surface area (Å²) in [7, 11) is 0. The molecule has 2 nitrogen and oxygen atoms in total. The zero-order chi connectivity index (χ0) is 21.6. The fraction of sp³-hybridized carbons (Fsp3) is 0.267. The monoisotopic (exact) mass is 418 g/mol. The van der Waals surface area contributed by atoms with E-state index >= 15 is 0 Å². The normalized spacial score (nSPS) is 24.9. The topological polar surface area (TPSA) is 40.5 Å². The van der Waals surface area contributed by atoms with Gasteiger partial charge in [-0.15, -0.1) is 0 Å². The van der Waals surface area contributed by atoms with Gasteiger partial charge >= 0.3 is 0 Å². The van der Waals surface area contributed by atoms with Gasteiger partial charge in [0.05, 0.1) is 0 Å². The van der Waals surface area contributed by atoms with E-state index in [0.29, 0.717) is 17.4 Å². The maximum atomic E-state index is 10.9. The molecule has 3 unspecified atom stereocenters. The lowest BCUT2D eigenvalue weighted by atomic mass is 9.66. The Labute approximate surface area is 188 Å². The second-order valence-electron chi connectivity index (χ2n) is 10.2. The molecule has 0 saturated heterocycles. The predicted octanol–water partition coefficient (Wildman–Crippen LogP) is 7.31. The van der Waals surface area contributed by atoms with Gasteiger partial charge < -0.3 is 10.2 Å². The average molecular weight is 419 g/mol. The molecular weight excluding hydrogens is 392 g/mol. The molecule has 2 saturated carbocycles. The highest BCUT2D eigenvalue weighted by molar-refractivity contribution is 6.05. The second-order valence-corrected chi connectivity index (χ2v) is 10.2. The van der Waals surface area contributed by atoms with Crippen LogP contribution in [0.25, 0.3) is 33.0 Å². The van der Waals surface area contributed by atoms with E-state index in [4.69, 9.17) is 0 Å². The van der Waals surface area contributed by atoms with E-state index in [0.717, 1.165) is 28.0 Å². The van der Waals surface area contributed by atoms with E-state index in [2.05, 4.69) is 43.3 Å². The van der Waals surface area contributed by atoms with Gasteiger partial charge in [-0.1, -0.05) is 48.9 Å². The van der Waals surface area contributed by atoms with Crippen molar-refractivity contribution in [1.29, 1.82) is 0 Å². The number of fused-ring (bicyclic) bond motifs is 10. The molecule has 0 aromatic heterocycles. The van der Waals surface area contributed by atoms with Gasteiger partial charge in [0.15, 0.2) is 0 Å².